The molecule has 14 heavy (non-hydrogen) atoms. The van der Waals surface area contributed by atoms with Gasteiger partial charge in [0.1, 0.15) is 0 Å². The van der Waals surface area contributed by atoms with Gasteiger partial charge >= 0.3 is 0 Å². The third-order valence-electron chi connectivity index (χ3n) is 1.97. The molecule has 0 heterocycles. The van der Waals surface area contributed by atoms with E-state index >= 15 is 0 Å². The molecule has 0 fully saturated rings. The molecule has 0 amide bonds. The van der Waals surface area contributed by atoms with Crippen LogP contribution in [0.15, 0.2) is 18.2 Å². The number of hydrogen-bond acceptors (Lipinski definition) is 2. The fourth-order valence-electron chi connectivity index (χ4n) is 1.05. The Morgan fingerprint density at radius 2 is 2.00 bits per heavy atom. The third kappa shape index (κ3) is 4.03. The van der Waals surface area contributed by atoms with Crippen molar-refractivity contribution in [2.24, 2.45) is 5.73 Å². The van der Waals surface area contributed by atoms with Crippen LogP contribution in [-0.4, -0.2) is 5.17 Å². The molecule has 0 aromatic heterocycles. The number of halogens is 1. The Morgan fingerprint density at radius 1 is 1.36 bits per heavy atom. The van der Waals surface area contributed by atoms with Crippen LogP contribution in [0.25, 0.3) is 0 Å². The quantitative estimate of drug-likeness (QED) is 0.607. The molecular weight excluding hydrogens is 216 g/mol. The lowest BCUT2D eigenvalue weighted by Gasteiger charge is -2.03. The van der Waals surface area contributed by atoms with Crippen molar-refractivity contribution in [2.75, 3.05) is 0 Å². The van der Waals surface area contributed by atoms with Crippen LogP contribution in [0, 0.1) is 19.3 Å². The number of aryl methyl sites for hydroxylation is 2. The second-order valence-electron chi connectivity index (χ2n) is 3.07. The molecular formula is C10H15ClN2S. The number of rotatable bonds is 2. The van der Waals surface area contributed by atoms with Crippen LogP contribution in [0.4, 0.5) is 0 Å². The van der Waals surface area contributed by atoms with E-state index in [4.69, 9.17) is 11.1 Å². The minimum atomic E-state index is 0. The Morgan fingerprint density at radius 3 is 2.50 bits per heavy atom. The van der Waals surface area contributed by atoms with Gasteiger partial charge in [-0.25, -0.2) is 0 Å². The maximum Gasteiger partial charge on any atom is 0.151 e. The zero-order chi connectivity index (χ0) is 9.84. The normalized spacial score (nSPS) is 9.29. The Hall–Kier alpha value is -0.670. The van der Waals surface area contributed by atoms with Crippen LogP contribution >= 0.6 is 24.2 Å². The number of hydrogen-bond donors (Lipinski definition) is 2. The van der Waals surface area contributed by atoms with E-state index in [1.807, 2.05) is 0 Å². The number of benzene rings is 1. The van der Waals surface area contributed by atoms with Crippen LogP contribution in [0.1, 0.15) is 16.7 Å². The van der Waals surface area contributed by atoms with Crippen molar-refractivity contribution >= 4 is 29.3 Å². The van der Waals surface area contributed by atoms with Crippen molar-refractivity contribution < 1.29 is 0 Å². The van der Waals surface area contributed by atoms with Gasteiger partial charge < -0.3 is 5.73 Å². The van der Waals surface area contributed by atoms with Gasteiger partial charge in [-0.3, -0.25) is 5.41 Å². The molecule has 0 atom stereocenters. The average molecular weight is 231 g/mol. The molecule has 1 aromatic rings. The Kier molecular flexibility index (Phi) is 5.65. The maximum absolute atomic E-state index is 7.08. The number of nitrogens with two attached hydrogens (primary N) is 1. The largest absolute Gasteiger partial charge is 0.379 e. The van der Waals surface area contributed by atoms with Crippen molar-refractivity contribution in [2.45, 2.75) is 19.6 Å². The number of thioether (sulfide) groups is 1. The highest BCUT2D eigenvalue weighted by Gasteiger charge is 1.97. The molecule has 1 rings (SSSR count). The summed E-state index contributed by atoms with van der Waals surface area (Å²) in [5.41, 5.74) is 9.08. The first-order valence-electron chi connectivity index (χ1n) is 4.12. The van der Waals surface area contributed by atoms with Gasteiger partial charge in [-0.2, -0.15) is 0 Å². The highest BCUT2D eigenvalue weighted by atomic mass is 35.5. The molecule has 0 aliphatic rings. The second-order valence-corrected chi connectivity index (χ2v) is 4.09. The van der Waals surface area contributed by atoms with E-state index in [2.05, 4.69) is 32.0 Å². The Labute approximate surface area is 95.2 Å². The first-order valence-corrected chi connectivity index (χ1v) is 5.11. The Balaban J connectivity index is 0.00000169. The summed E-state index contributed by atoms with van der Waals surface area (Å²) in [5.74, 6) is 0.788. The number of amidine groups is 1. The van der Waals surface area contributed by atoms with Gasteiger partial charge in [0.05, 0.1) is 0 Å². The Bertz CT molecular complexity index is 326. The van der Waals surface area contributed by atoms with Crippen LogP contribution in [0.3, 0.4) is 0 Å². The van der Waals surface area contributed by atoms with Crippen LogP contribution in [0.5, 0.6) is 0 Å². The molecule has 0 aliphatic heterocycles. The van der Waals surface area contributed by atoms with Crippen molar-refractivity contribution in [1.29, 1.82) is 5.41 Å². The average Bonchev–Trinajstić information content (AvgIpc) is 2.07. The zero-order valence-corrected chi connectivity index (χ0v) is 9.97. The van der Waals surface area contributed by atoms with E-state index in [0.29, 0.717) is 0 Å². The minimum Gasteiger partial charge on any atom is -0.379 e. The molecule has 0 saturated heterocycles. The van der Waals surface area contributed by atoms with Gasteiger partial charge in [0.25, 0.3) is 0 Å². The molecule has 0 bridgehead atoms. The van der Waals surface area contributed by atoms with Gasteiger partial charge in [-0.05, 0) is 30.5 Å². The van der Waals surface area contributed by atoms with Gasteiger partial charge in [-0.1, -0.05) is 30.0 Å². The summed E-state index contributed by atoms with van der Waals surface area (Å²) in [6, 6.07) is 6.33. The fraction of sp³-hybridized carbons (Fsp3) is 0.300. The summed E-state index contributed by atoms with van der Waals surface area (Å²) in [7, 11) is 0. The van der Waals surface area contributed by atoms with Gasteiger partial charge in [-0.15, -0.1) is 12.4 Å². The van der Waals surface area contributed by atoms with Crippen molar-refractivity contribution in [3.63, 3.8) is 0 Å². The van der Waals surface area contributed by atoms with Crippen LogP contribution < -0.4 is 5.73 Å². The molecule has 0 saturated carbocycles. The summed E-state index contributed by atoms with van der Waals surface area (Å²) in [5, 5.41) is 7.26. The highest BCUT2D eigenvalue weighted by molar-refractivity contribution is 8.13. The molecule has 78 valence electrons. The summed E-state index contributed by atoms with van der Waals surface area (Å²) in [6.45, 7) is 4.19. The van der Waals surface area contributed by atoms with E-state index in [9.17, 15) is 0 Å². The lowest BCUT2D eigenvalue weighted by molar-refractivity contribution is 1.29. The number of nitrogens with one attached hydrogen (secondary N) is 1. The monoisotopic (exact) mass is 230 g/mol. The van der Waals surface area contributed by atoms with Gasteiger partial charge in [0.15, 0.2) is 5.17 Å². The fourth-order valence-corrected chi connectivity index (χ4v) is 1.56. The summed E-state index contributed by atoms with van der Waals surface area (Å²) in [4.78, 5) is 0. The molecule has 4 heteroatoms. The summed E-state index contributed by atoms with van der Waals surface area (Å²) >= 11 is 1.36. The molecule has 0 aliphatic carbocycles. The smallest absolute Gasteiger partial charge is 0.151 e. The van der Waals surface area contributed by atoms with E-state index in [1.54, 1.807) is 0 Å². The van der Waals surface area contributed by atoms with Crippen molar-refractivity contribution in [1.82, 2.24) is 0 Å². The predicted octanol–water partition coefficient (Wildman–Crippen LogP) is 2.85. The first-order chi connectivity index (χ1) is 6.09. The molecule has 0 unspecified atom stereocenters. The molecule has 1 aromatic carbocycles. The van der Waals surface area contributed by atoms with E-state index in [-0.39, 0.29) is 17.6 Å². The molecule has 2 nitrogen and oxygen atoms in total. The third-order valence-corrected chi connectivity index (χ3v) is 2.75. The van der Waals surface area contributed by atoms with Crippen LogP contribution in [0.2, 0.25) is 0 Å². The highest BCUT2D eigenvalue weighted by Crippen LogP contribution is 2.15. The summed E-state index contributed by atoms with van der Waals surface area (Å²) in [6.07, 6.45) is 0. The van der Waals surface area contributed by atoms with Crippen molar-refractivity contribution in [3.05, 3.63) is 34.9 Å². The topological polar surface area (TPSA) is 49.9 Å². The maximum atomic E-state index is 7.08. The molecule has 3 N–H and O–H groups in total. The van der Waals surface area contributed by atoms with Crippen LogP contribution in [-0.2, 0) is 5.75 Å². The van der Waals surface area contributed by atoms with E-state index < -0.39 is 0 Å². The van der Waals surface area contributed by atoms with Gasteiger partial charge in [0, 0.05) is 5.75 Å². The predicted molar refractivity (Wildman–Crippen MR) is 66.4 cm³/mol. The zero-order valence-electron chi connectivity index (χ0n) is 8.33. The second kappa shape index (κ2) is 5.94. The standard InChI is InChI=1S/C10H14N2S.ClH/c1-7-3-4-9(5-8(7)2)6-13-10(11)12;/h3-5H,6H2,1-2H3,(H3,11,12);1H. The lowest BCUT2D eigenvalue weighted by atomic mass is 10.1. The minimum absolute atomic E-state index is 0. The van der Waals surface area contributed by atoms with E-state index in [1.165, 1.54) is 28.5 Å². The van der Waals surface area contributed by atoms with Gasteiger partial charge in [0.2, 0.25) is 0 Å². The lowest BCUT2D eigenvalue weighted by Crippen LogP contribution is -2.03. The summed E-state index contributed by atoms with van der Waals surface area (Å²) < 4.78 is 0. The van der Waals surface area contributed by atoms with E-state index in [0.717, 1.165) is 5.75 Å². The van der Waals surface area contributed by atoms with Crippen molar-refractivity contribution in [3.8, 4) is 0 Å². The molecule has 0 radical (unpaired) electrons. The first kappa shape index (κ1) is 13.3. The SMILES string of the molecule is Cc1ccc(CSC(=N)N)cc1C.Cl. The molecule has 0 spiro atoms.